The Kier molecular flexibility index (Phi) is 6.80. The van der Waals surface area contributed by atoms with Crippen molar-refractivity contribution in [3.05, 3.63) is 101 Å². The number of Topliss-reactive ketones (excluding diaryl/α,β-unsaturated/α-hetero) is 1. The summed E-state index contributed by atoms with van der Waals surface area (Å²) in [7, 11) is 1.54. The molecular formula is C25H25NO3. The second kappa shape index (κ2) is 9.69. The van der Waals surface area contributed by atoms with E-state index in [1.54, 1.807) is 19.2 Å². The number of nitrogens with one attached hydrogen (secondary N) is 1. The van der Waals surface area contributed by atoms with E-state index in [1.165, 1.54) is 0 Å². The molecule has 4 nitrogen and oxygen atoms in total. The highest BCUT2D eigenvalue weighted by Gasteiger charge is 2.18. The number of methoxy groups -OCH3 is 1. The van der Waals surface area contributed by atoms with Crippen LogP contribution in [0.3, 0.4) is 0 Å². The zero-order valence-corrected chi connectivity index (χ0v) is 16.7. The number of ether oxygens (including phenoxy) is 1. The first-order valence-electron chi connectivity index (χ1n) is 9.65. The van der Waals surface area contributed by atoms with Crippen molar-refractivity contribution in [3.63, 3.8) is 0 Å². The van der Waals surface area contributed by atoms with Crippen LogP contribution in [0.25, 0.3) is 0 Å². The predicted molar refractivity (Wildman–Crippen MR) is 114 cm³/mol. The maximum atomic E-state index is 12.7. The molecule has 0 fully saturated rings. The molecule has 0 aliphatic rings. The quantitative estimate of drug-likeness (QED) is 0.561. The van der Waals surface area contributed by atoms with Gasteiger partial charge in [0.15, 0.2) is 5.78 Å². The topological polar surface area (TPSA) is 55.4 Å². The van der Waals surface area contributed by atoms with E-state index in [-0.39, 0.29) is 30.6 Å². The second-order valence-electron chi connectivity index (χ2n) is 6.95. The maximum Gasteiger partial charge on any atom is 0.221 e. The van der Waals surface area contributed by atoms with Crippen molar-refractivity contribution in [2.24, 2.45) is 0 Å². The Morgan fingerprint density at radius 2 is 1.45 bits per heavy atom. The van der Waals surface area contributed by atoms with Crippen LogP contribution in [-0.4, -0.2) is 18.8 Å². The minimum atomic E-state index is -0.256. The summed E-state index contributed by atoms with van der Waals surface area (Å²) in [6.45, 7) is 1.92. The zero-order valence-electron chi connectivity index (χ0n) is 16.7. The molecular weight excluding hydrogens is 362 g/mol. The van der Waals surface area contributed by atoms with Crippen LogP contribution in [0.5, 0.6) is 5.75 Å². The third kappa shape index (κ3) is 5.32. The van der Waals surface area contributed by atoms with Crippen LogP contribution < -0.4 is 10.1 Å². The van der Waals surface area contributed by atoms with E-state index in [9.17, 15) is 9.59 Å². The van der Waals surface area contributed by atoms with Gasteiger partial charge in [0.2, 0.25) is 5.91 Å². The molecule has 0 heterocycles. The molecule has 0 saturated carbocycles. The summed E-state index contributed by atoms with van der Waals surface area (Å²) in [5.74, 6) is 0.270. The van der Waals surface area contributed by atoms with Gasteiger partial charge in [-0.05, 0) is 30.2 Å². The van der Waals surface area contributed by atoms with Crippen LogP contribution in [0, 0.1) is 6.92 Å². The van der Waals surface area contributed by atoms with E-state index in [4.69, 9.17) is 4.74 Å². The fraction of sp³-hybridized carbons (Fsp3) is 0.200. The molecule has 1 N–H and O–H groups in total. The van der Waals surface area contributed by atoms with E-state index < -0.39 is 0 Å². The smallest absolute Gasteiger partial charge is 0.221 e. The number of benzene rings is 3. The lowest BCUT2D eigenvalue weighted by atomic mass is 9.98. The van der Waals surface area contributed by atoms with Gasteiger partial charge in [0.1, 0.15) is 5.75 Å². The second-order valence-corrected chi connectivity index (χ2v) is 6.95. The summed E-state index contributed by atoms with van der Waals surface area (Å²) < 4.78 is 5.29. The SMILES string of the molecule is COc1ccc(C)cc1C(=O)CCC(=O)NC(c1ccccc1)c1ccccc1. The lowest BCUT2D eigenvalue weighted by molar-refractivity contribution is -0.121. The normalized spacial score (nSPS) is 10.6. The first kappa shape index (κ1) is 20.3. The summed E-state index contributed by atoms with van der Waals surface area (Å²) in [6.07, 6.45) is 0.244. The van der Waals surface area contributed by atoms with Crippen molar-refractivity contribution < 1.29 is 14.3 Å². The minimum absolute atomic E-state index is 0.100. The van der Waals surface area contributed by atoms with Crippen molar-refractivity contribution in [3.8, 4) is 5.75 Å². The van der Waals surface area contributed by atoms with Crippen LogP contribution in [0.1, 0.15) is 45.9 Å². The van der Waals surface area contributed by atoms with Crippen molar-refractivity contribution in [1.29, 1.82) is 0 Å². The lowest BCUT2D eigenvalue weighted by Gasteiger charge is -2.20. The molecule has 0 bridgehead atoms. The third-order valence-electron chi connectivity index (χ3n) is 4.81. The van der Waals surface area contributed by atoms with Gasteiger partial charge < -0.3 is 10.1 Å². The summed E-state index contributed by atoms with van der Waals surface area (Å²) in [5, 5.41) is 3.07. The van der Waals surface area contributed by atoms with Gasteiger partial charge >= 0.3 is 0 Å². The van der Waals surface area contributed by atoms with E-state index in [0.717, 1.165) is 16.7 Å². The molecule has 0 radical (unpaired) electrons. The Morgan fingerprint density at radius 1 is 0.862 bits per heavy atom. The molecule has 0 atom stereocenters. The van der Waals surface area contributed by atoms with Gasteiger partial charge in [-0.2, -0.15) is 0 Å². The Morgan fingerprint density at radius 3 is 2.00 bits per heavy atom. The summed E-state index contributed by atoms with van der Waals surface area (Å²) >= 11 is 0. The summed E-state index contributed by atoms with van der Waals surface area (Å²) in [6, 6.07) is 24.9. The average molecular weight is 387 g/mol. The molecule has 0 spiro atoms. The monoisotopic (exact) mass is 387 g/mol. The fourth-order valence-corrected chi connectivity index (χ4v) is 3.28. The highest BCUT2D eigenvalue weighted by molar-refractivity contribution is 6.00. The number of carbonyl (C=O) groups excluding carboxylic acids is 2. The van der Waals surface area contributed by atoms with Gasteiger partial charge in [0, 0.05) is 12.8 Å². The maximum absolute atomic E-state index is 12.7. The van der Waals surface area contributed by atoms with Crippen molar-refractivity contribution >= 4 is 11.7 Å². The number of amides is 1. The molecule has 4 heteroatoms. The highest BCUT2D eigenvalue weighted by atomic mass is 16.5. The number of hydrogen-bond acceptors (Lipinski definition) is 3. The molecule has 3 aromatic rings. The van der Waals surface area contributed by atoms with Gasteiger partial charge in [-0.1, -0.05) is 72.3 Å². The van der Waals surface area contributed by atoms with Crippen molar-refractivity contribution in [2.45, 2.75) is 25.8 Å². The molecule has 3 rings (SSSR count). The van der Waals surface area contributed by atoms with E-state index in [1.807, 2.05) is 73.7 Å². The molecule has 0 aliphatic carbocycles. The van der Waals surface area contributed by atoms with Crippen LogP contribution in [0.2, 0.25) is 0 Å². The summed E-state index contributed by atoms with van der Waals surface area (Å²) in [5.41, 5.74) is 3.49. The largest absolute Gasteiger partial charge is 0.496 e. The molecule has 3 aromatic carbocycles. The van der Waals surface area contributed by atoms with E-state index in [0.29, 0.717) is 11.3 Å². The van der Waals surface area contributed by atoms with Gasteiger partial charge in [0.25, 0.3) is 0 Å². The van der Waals surface area contributed by atoms with Crippen LogP contribution >= 0.6 is 0 Å². The Labute approximate surface area is 171 Å². The predicted octanol–water partition coefficient (Wildman–Crippen LogP) is 4.87. The molecule has 148 valence electrons. The van der Waals surface area contributed by atoms with Gasteiger partial charge in [-0.15, -0.1) is 0 Å². The van der Waals surface area contributed by atoms with Crippen molar-refractivity contribution in [2.75, 3.05) is 7.11 Å². The zero-order chi connectivity index (χ0) is 20.6. The van der Waals surface area contributed by atoms with Crippen LogP contribution in [0.4, 0.5) is 0 Å². The lowest BCUT2D eigenvalue weighted by Crippen LogP contribution is -2.29. The molecule has 0 unspecified atom stereocenters. The first-order valence-corrected chi connectivity index (χ1v) is 9.65. The third-order valence-corrected chi connectivity index (χ3v) is 4.81. The van der Waals surface area contributed by atoms with Gasteiger partial charge in [-0.3, -0.25) is 9.59 Å². The number of rotatable bonds is 8. The van der Waals surface area contributed by atoms with E-state index >= 15 is 0 Å². The molecule has 0 aliphatic heterocycles. The standard InChI is InChI=1S/C25H25NO3/c1-18-13-15-23(29-2)21(17-18)22(27)14-16-24(28)26-25(19-9-5-3-6-10-19)20-11-7-4-8-12-20/h3-13,15,17,25H,14,16H2,1-2H3,(H,26,28). The molecule has 0 saturated heterocycles. The van der Waals surface area contributed by atoms with Crippen molar-refractivity contribution in [1.82, 2.24) is 5.32 Å². The highest BCUT2D eigenvalue weighted by Crippen LogP contribution is 2.23. The number of carbonyl (C=O) groups is 2. The summed E-state index contributed by atoms with van der Waals surface area (Å²) in [4.78, 5) is 25.3. The number of ketones is 1. The molecule has 0 aromatic heterocycles. The fourth-order valence-electron chi connectivity index (χ4n) is 3.28. The Balaban J connectivity index is 1.70. The van der Waals surface area contributed by atoms with Gasteiger partial charge in [-0.25, -0.2) is 0 Å². The Bertz CT molecular complexity index is 928. The molecule has 1 amide bonds. The average Bonchev–Trinajstić information content (AvgIpc) is 2.77. The first-order chi connectivity index (χ1) is 14.1. The number of aryl methyl sites for hydroxylation is 1. The van der Waals surface area contributed by atoms with Crippen LogP contribution in [0.15, 0.2) is 78.9 Å². The minimum Gasteiger partial charge on any atom is -0.496 e. The molecule has 29 heavy (non-hydrogen) atoms. The van der Waals surface area contributed by atoms with Gasteiger partial charge in [0.05, 0.1) is 18.7 Å². The van der Waals surface area contributed by atoms with E-state index in [2.05, 4.69) is 5.32 Å². The van der Waals surface area contributed by atoms with Crippen LogP contribution in [-0.2, 0) is 4.79 Å². The number of hydrogen-bond donors (Lipinski definition) is 1. The Hall–Kier alpha value is -3.40.